The molecule has 100 valence electrons. The summed E-state index contributed by atoms with van der Waals surface area (Å²) < 4.78 is 3.25. The molecule has 0 aliphatic carbocycles. The summed E-state index contributed by atoms with van der Waals surface area (Å²) in [6, 6.07) is 17.7. The number of para-hydroxylation sites is 1. The first-order valence-corrected chi connectivity index (χ1v) is 7.28. The van der Waals surface area contributed by atoms with Crippen LogP contribution < -0.4 is 5.43 Å². The first kappa shape index (κ1) is 13.1. The smallest absolute Gasteiger partial charge is 0.189 e. The number of rotatable bonds is 2. The van der Waals surface area contributed by atoms with Gasteiger partial charge in [0.15, 0.2) is 5.43 Å². The van der Waals surface area contributed by atoms with Crippen LogP contribution in [0.2, 0.25) is 0 Å². The van der Waals surface area contributed by atoms with E-state index < -0.39 is 0 Å². The summed E-state index contributed by atoms with van der Waals surface area (Å²) in [4.78, 5) is 12.0. The average molecular weight is 328 g/mol. The van der Waals surface area contributed by atoms with E-state index in [4.69, 9.17) is 0 Å². The van der Waals surface area contributed by atoms with E-state index in [0.29, 0.717) is 0 Å². The lowest BCUT2D eigenvalue weighted by molar-refractivity contribution is 0.792. The summed E-state index contributed by atoms with van der Waals surface area (Å²) in [5.74, 6) is 0. The van der Waals surface area contributed by atoms with Crippen molar-refractivity contribution in [3.05, 3.63) is 80.6 Å². The van der Waals surface area contributed by atoms with Gasteiger partial charge in [-0.1, -0.05) is 40.2 Å². The minimum Gasteiger partial charge on any atom is -0.340 e. The fourth-order valence-electron chi connectivity index (χ4n) is 2.44. The van der Waals surface area contributed by atoms with Crippen molar-refractivity contribution in [2.24, 2.45) is 0 Å². The van der Waals surface area contributed by atoms with Gasteiger partial charge in [0.2, 0.25) is 0 Å². The number of pyridine rings is 1. The largest absolute Gasteiger partial charge is 0.340 e. The standard InChI is InChI=1S/C17H14BrNO/c1-12-10-17(20)15-4-2-3-5-16(15)19(12)11-13-6-8-14(18)9-7-13/h2-10H,11H2,1H3. The van der Waals surface area contributed by atoms with Crippen molar-refractivity contribution in [3.63, 3.8) is 0 Å². The molecule has 2 aromatic carbocycles. The number of nitrogens with zero attached hydrogens (tertiary/aromatic N) is 1. The second-order valence-corrected chi connectivity index (χ2v) is 5.80. The maximum absolute atomic E-state index is 12.0. The highest BCUT2D eigenvalue weighted by atomic mass is 79.9. The highest BCUT2D eigenvalue weighted by Crippen LogP contribution is 2.16. The lowest BCUT2D eigenvalue weighted by Gasteiger charge is -2.14. The maximum atomic E-state index is 12.0. The molecule has 3 heteroatoms. The molecule has 0 bridgehead atoms. The molecule has 0 aliphatic heterocycles. The SMILES string of the molecule is Cc1cc(=O)c2ccccc2n1Cc1ccc(Br)cc1. The first-order valence-electron chi connectivity index (χ1n) is 6.49. The van der Waals surface area contributed by atoms with Gasteiger partial charge in [0.05, 0.1) is 5.52 Å². The second-order valence-electron chi connectivity index (χ2n) is 4.88. The molecule has 0 saturated carbocycles. The number of aromatic nitrogens is 1. The van der Waals surface area contributed by atoms with E-state index >= 15 is 0 Å². The van der Waals surface area contributed by atoms with Gasteiger partial charge in [0, 0.05) is 28.2 Å². The molecule has 2 nitrogen and oxygen atoms in total. The summed E-state index contributed by atoms with van der Waals surface area (Å²) in [5, 5.41) is 0.773. The van der Waals surface area contributed by atoms with E-state index in [2.05, 4.69) is 32.6 Å². The minimum atomic E-state index is 0.0881. The minimum absolute atomic E-state index is 0.0881. The molecule has 0 aliphatic rings. The summed E-state index contributed by atoms with van der Waals surface area (Å²) in [7, 11) is 0. The van der Waals surface area contributed by atoms with Crippen LogP contribution in [0, 0.1) is 6.92 Å². The number of benzene rings is 2. The molecular weight excluding hydrogens is 314 g/mol. The van der Waals surface area contributed by atoms with Gasteiger partial charge < -0.3 is 4.57 Å². The molecule has 0 atom stereocenters. The molecule has 1 heterocycles. The van der Waals surface area contributed by atoms with Crippen molar-refractivity contribution in [1.29, 1.82) is 0 Å². The molecule has 0 radical (unpaired) electrons. The van der Waals surface area contributed by atoms with E-state index in [1.807, 2.05) is 43.3 Å². The molecule has 3 aromatic rings. The molecule has 0 unspecified atom stereocenters. The van der Waals surface area contributed by atoms with Crippen molar-refractivity contribution in [2.45, 2.75) is 13.5 Å². The van der Waals surface area contributed by atoms with Crippen molar-refractivity contribution < 1.29 is 0 Å². The van der Waals surface area contributed by atoms with Crippen LogP contribution in [0.1, 0.15) is 11.3 Å². The molecule has 20 heavy (non-hydrogen) atoms. The third kappa shape index (κ3) is 2.41. The zero-order valence-electron chi connectivity index (χ0n) is 11.1. The summed E-state index contributed by atoms with van der Waals surface area (Å²) in [6.45, 7) is 2.74. The average Bonchev–Trinajstić information content (AvgIpc) is 2.45. The quantitative estimate of drug-likeness (QED) is 0.694. The van der Waals surface area contributed by atoms with Gasteiger partial charge >= 0.3 is 0 Å². The Morgan fingerprint density at radius 1 is 1.05 bits per heavy atom. The van der Waals surface area contributed by atoms with Gasteiger partial charge in [-0.05, 0) is 36.8 Å². The lowest BCUT2D eigenvalue weighted by atomic mass is 10.1. The third-order valence-electron chi connectivity index (χ3n) is 3.48. The van der Waals surface area contributed by atoms with E-state index in [9.17, 15) is 4.79 Å². The Morgan fingerprint density at radius 3 is 2.50 bits per heavy atom. The van der Waals surface area contributed by atoms with Crippen LogP contribution in [0.3, 0.4) is 0 Å². The molecule has 0 N–H and O–H groups in total. The van der Waals surface area contributed by atoms with Crippen molar-refractivity contribution >= 4 is 26.8 Å². The Labute approximate surface area is 125 Å². The van der Waals surface area contributed by atoms with Gasteiger partial charge in [-0.3, -0.25) is 4.79 Å². The van der Waals surface area contributed by atoms with Gasteiger partial charge in [-0.25, -0.2) is 0 Å². The van der Waals surface area contributed by atoms with Crippen LogP contribution in [0.4, 0.5) is 0 Å². The van der Waals surface area contributed by atoms with Crippen LogP contribution in [-0.4, -0.2) is 4.57 Å². The number of hydrogen-bond donors (Lipinski definition) is 0. The number of fused-ring (bicyclic) bond motifs is 1. The molecule has 0 saturated heterocycles. The summed E-state index contributed by atoms with van der Waals surface area (Å²) in [5.41, 5.74) is 3.27. The predicted molar refractivity (Wildman–Crippen MR) is 86.2 cm³/mol. The molecule has 0 fully saturated rings. The predicted octanol–water partition coefficient (Wildman–Crippen LogP) is 4.12. The maximum Gasteiger partial charge on any atom is 0.189 e. The van der Waals surface area contributed by atoms with E-state index in [1.165, 1.54) is 5.56 Å². The van der Waals surface area contributed by atoms with Gasteiger partial charge in [0.25, 0.3) is 0 Å². The Hall–Kier alpha value is -1.87. The van der Waals surface area contributed by atoms with Crippen molar-refractivity contribution in [2.75, 3.05) is 0 Å². The fourth-order valence-corrected chi connectivity index (χ4v) is 2.70. The Kier molecular flexibility index (Phi) is 3.45. The zero-order valence-corrected chi connectivity index (χ0v) is 12.7. The number of halogens is 1. The Morgan fingerprint density at radius 2 is 1.75 bits per heavy atom. The van der Waals surface area contributed by atoms with E-state index in [0.717, 1.165) is 27.6 Å². The van der Waals surface area contributed by atoms with Crippen molar-refractivity contribution in [1.82, 2.24) is 4.57 Å². The van der Waals surface area contributed by atoms with Crippen molar-refractivity contribution in [3.8, 4) is 0 Å². The zero-order chi connectivity index (χ0) is 14.1. The molecule has 0 amide bonds. The molecule has 0 spiro atoms. The number of aryl methyl sites for hydroxylation is 1. The summed E-state index contributed by atoms with van der Waals surface area (Å²) in [6.07, 6.45) is 0. The Balaban J connectivity index is 2.16. The highest BCUT2D eigenvalue weighted by Gasteiger charge is 2.06. The number of hydrogen-bond acceptors (Lipinski definition) is 1. The molecule has 1 aromatic heterocycles. The monoisotopic (exact) mass is 327 g/mol. The second kappa shape index (κ2) is 5.25. The summed E-state index contributed by atoms with van der Waals surface area (Å²) >= 11 is 3.45. The first-order chi connectivity index (χ1) is 9.65. The van der Waals surface area contributed by atoms with Crippen LogP contribution in [-0.2, 0) is 6.54 Å². The van der Waals surface area contributed by atoms with E-state index in [1.54, 1.807) is 6.07 Å². The normalized spacial score (nSPS) is 10.9. The highest BCUT2D eigenvalue weighted by molar-refractivity contribution is 9.10. The topological polar surface area (TPSA) is 22.0 Å². The van der Waals surface area contributed by atoms with Crippen LogP contribution >= 0.6 is 15.9 Å². The van der Waals surface area contributed by atoms with Crippen LogP contribution in [0.15, 0.2) is 63.9 Å². The molecule has 3 rings (SSSR count). The van der Waals surface area contributed by atoms with Crippen LogP contribution in [0.5, 0.6) is 0 Å². The van der Waals surface area contributed by atoms with Gasteiger partial charge in [-0.2, -0.15) is 0 Å². The van der Waals surface area contributed by atoms with Crippen LogP contribution in [0.25, 0.3) is 10.9 Å². The lowest BCUT2D eigenvalue weighted by Crippen LogP contribution is -2.12. The fraction of sp³-hybridized carbons (Fsp3) is 0.118. The van der Waals surface area contributed by atoms with Gasteiger partial charge in [-0.15, -0.1) is 0 Å². The Bertz CT molecular complexity index is 819. The van der Waals surface area contributed by atoms with E-state index in [-0.39, 0.29) is 5.43 Å². The third-order valence-corrected chi connectivity index (χ3v) is 4.01. The molecular formula is C17H14BrNO. The van der Waals surface area contributed by atoms with Gasteiger partial charge in [0.1, 0.15) is 0 Å².